The Morgan fingerprint density at radius 2 is 1.85 bits per heavy atom. The molecular formula is C20H22ClN5O. The van der Waals surface area contributed by atoms with Gasteiger partial charge >= 0.3 is 0 Å². The fourth-order valence-corrected chi connectivity index (χ4v) is 2.92. The summed E-state index contributed by atoms with van der Waals surface area (Å²) in [6.07, 6.45) is 3.27. The van der Waals surface area contributed by atoms with Crippen LogP contribution in [0.25, 0.3) is 0 Å². The van der Waals surface area contributed by atoms with Crippen molar-refractivity contribution in [3.8, 4) is 5.75 Å². The van der Waals surface area contributed by atoms with Crippen LogP contribution in [0.1, 0.15) is 11.1 Å². The molecule has 27 heavy (non-hydrogen) atoms. The summed E-state index contributed by atoms with van der Waals surface area (Å²) in [5.41, 5.74) is 2.31. The van der Waals surface area contributed by atoms with Gasteiger partial charge in [0.1, 0.15) is 5.75 Å². The first-order valence-electron chi connectivity index (χ1n) is 8.78. The molecule has 0 fully saturated rings. The molecule has 3 aromatic rings. The van der Waals surface area contributed by atoms with Crippen LogP contribution >= 0.6 is 11.6 Å². The monoisotopic (exact) mass is 383 g/mol. The summed E-state index contributed by atoms with van der Waals surface area (Å²) in [7, 11) is 1.68. The molecule has 140 valence electrons. The summed E-state index contributed by atoms with van der Waals surface area (Å²) in [6.45, 7) is 1.42. The molecule has 1 aromatic heterocycles. The Morgan fingerprint density at radius 1 is 1.00 bits per heavy atom. The zero-order valence-corrected chi connectivity index (χ0v) is 15.9. The maximum atomic E-state index is 6.00. The lowest BCUT2D eigenvalue weighted by Gasteiger charge is -2.10. The van der Waals surface area contributed by atoms with E-state index in [4.69, 9.17) is 16.3 Å². The van der Waals surface area contributed by atoms with Crippen molar-refractivity contribution >= 4 is 23.4 Å². The zero-order valence-electron chi connectivity index (χ0n) is 15.2. The molecule has 0 atom stereocenters. The molecular weight excluding hydrogens is 362 g/mol. The van der Waals surface area contributed by atoms with Crippen molar-refractivity contribution in [3.63, 3.8) is 0 Å². The number of hydrogen-bond donors (Lipinski definition) is 2. The molecule has 2 N–H and O–H groups in total. The van der Waals surface area contributed by atoms with E-state index in [2.05, 4.69) is 31.9 Å². The van der Waals surface area contributed by atoms with Crippen molar-refractivity contribution < 1.29 is 4.74 Å². The fraction of sp³-hybridized carbons (Fsp3) is 0.250. The van der Waals surface area contributed by atoms with Crippen molar-refractivity contribution in [1.29, 1.82) is 0 Å². The summed E-state index contributed by atoms with van der Waals surface area (Å²) >= 11 is 6.00. The molecule has 0 unspecified atom stereocenters. The van der Waals surface area contributed by atoms with Gasteiger partial charge in [-0.3, -0.25) is 0 Å². The highest BCUT2D eigenvalue weighted by atomic mass is 35.5. The smallest absolute Gasteiger partial charge is 0.244 e. The van der Waals surface area contributed by atoms with Gasteiger partial charge in [0, 0.05) is 18.1 Å². The Labute approximate surface area is 164 Å². The van der Waals surface area contributed by atoms with Crippen LogP contribution in [-0.2, 0) is 12.8 Å². The van der Waals surface area contributed by atoms with Gasteiger partial charge in [0.15, 0.2) is 5.82 Å². The standard InChI is InChI=1S/C20H22ClN5O/c1-27-18-8-3-2-6-16(18)10-12-22-19-14-24-26-20(25-19)23-11-9-15-5-4-7-17(21)13-15/h2-8,13-14H,9-12H2,1H3,(H2,22,23,25,26). The number of methoxy groups -OCH3 is 1. The lowest BCUT2D eigenvalue weighted by atomic mass is 10.1. The third-order valence-electron chi connectivity index (χ3n) is 4.04. The molecule has 6 nitrogen and oxygen atoms in total. The molecule has 0 aliphatic rings. The van der Waals surface area contributed by atoms with Gasteiger partial charge in [-0.1, -0.05) is 41.9 Å². The highest BCUT2D eigenvalue weighted by Crippen LogP contribution is 2.17. The Kier molecular flexibility index (Phi) is 6.82. The Bertz CT molecular complexity index is 874. The topological polar surface area (TPSA) is 72.0 Å². The van der Waals surface area contributed by atoms with E-state index in [9.17, 15) is 0 Å². The van der Waals surface area contributed by atoms with Crippen LogP contribution in [0, 0.1) is 0 Å². The fourth-order valence-electron chi connectivity index (χ4n) is 2.71. The summed E-state index contributed by atoms with van der Waals surface area (Å²) in [5, 5.41) is 15.2. The number of benzene rings is 2. The summed E-state index contributed by atoms with van der Waals surface area (Å²) in [4.78, 5) is 4.44. The van der Waals surface area contributed by atoms with Gasteiger partial charge in [-0.25, -0.2) is 0 Å². The first-order chi connectivity index (χ1) is 13.2. The number of nitrogens with zero attached hydrogens (tertiary/aromatic N) is 3. The molecule has 3 rings (SSSR count). The summed E-state index contributed by atoms with van der Waals surface area (Å²) in [6, 6.07) is 15.8. The number of para-hydroxylation sites is 1. The number of ether oxygens (including phenoxy) is 1. The normalized spacial score (nSPS) is 10.4. The van der Waals surface area contributed by atoms with Gasteiger partial charge in [-0.05, 0) is 42.2 Å². The largest absolute Gasteiger partial charge is 0.496 e. The van der Waals surface area contributed by atoms with Gasteiger partial charge in [0.05, 0.1) is 13.3 Å². The van der Waals surface area contributed by atoms with Gasteiger partial charge < -0.3 is 15.4 Å². The van der Waals surface area contributed by atoms with Crippen LogP contribution in [-0.4, -0.2) is 35.4 Å². The number of hydrogen-bond acceptors (Lipinski definition) is 6. The van der Waals surface area contributed by atoms with Crippen LogP contribution < -0.4 is 15.4 Å². The average molecular weight is 384 g/mol. The molecule has 0 radical (unpaired) electrons. The van der Waals surface area contributed by atoms with Gasteiger partial charge in [0.25, 0.3) is 0 Å². The number of anilines is 2. The van der Waals surface area contributed by atoms with Crippen LogP contribution in [0.5, 0.6) is 5.75 Å². The lowest BCUT2D eigenvalue weighted by Crippen LogP contribution is -2.12. The maximum absolute atomic E-state index is 6.00. The van der Waals surface area contributed by atoms with Crippen molar-refractivity contribution in [3.05, 3.63) is 70.9 Å². The van der Waals surface area contributed by atoms with E-state index >= 15 is 0 Å². The lowest BCUT2D eigenvalue weighted by molar-refractivity contribution is 0.410. The minimum atomic E-state index is 0.499. The number of rotatable bonds is 9. The number of aromatic nitrogens is 3. The Balaban J connectivity index is 1.48. The Hall–Kier alpha value is -2.86. The molecule has 0 bridgehead atoms. The predicted octanol–water partition coefficient (Wildman–Crippen LogP) is 3.84. The zero-order chi connectivity index (χ0) is 18.9. The van der Waals surface area contributed by atoms with Gasteiger partial charge in [0.2, 0.25) is 5.95 Å². The second kappa shape index (κ2) is 9.73. The predicted molar refractivity (Wildman–Crippen MR) is 109 cm³/mol. The van der Waals surface area contributed by atoms with Crippen molar-refractivity contribution in [2.24, 2.45) is 0 Å². The molecule has 0 amide bonds. The van der Waals surface area contributed by atoms with E-state index in [0.29, 0.717) is 18.3 Å². The van der Waals surface area contributed by atoms with Crippen molar-refractivity contribution in [1.82, 2.24) is 15.2 Å². The molecule has 0 aliphatic carbocycles. The van der Waals surface area contributed by atoms with Crippen LogP contribution in [0.4, 0.5) is 11.8 Å². The number of halogens is 1. The van der Waals surface area contributed by atoms with Crippen LogP contribution in [0.3, 0.4) is 0 Å². The van der Waals surface area contributed by atoms with Gasteiger partial charge in [-0.2, -0.15) is 10.1 Å². The van der Waals surface area contributed by atoms with Crippen molar-refractivity contribution in [2.75, 3.05) is 30.8 Å². The first kappa shape index (κ1) is 18.9. The highest BCUT2D eigenvalue weighted by molar-refractivity contribution is 6.30. The SMILES string of the molecule is COc1ccccc1CCNc1cnnc(NCCc2cccc(Cl)c2)n1. The first-order valence-corrected chi connectivity index (χ1v) is 9.16. The van der Waals surface area contributed by atoms with E-state index in [1.54, 1.807) is 13.3 Å². The van der Waals surface area contributed by atoms with E-state index in [0.717, 1.165) is 41.3 Å². The van der Waals surface area contributed by atoms with Gasteiger partial charge in [-0.15, -0.1) is 5.10 Å². The maximum Gasteiger partial charge on any atom is 0.244 e. The molecule has 0 saturated carbocycles. The van der Waals surface area contributed by atoms with E-state index in [1.807, 2.05) is 42.5 Å². The van der Waals surface area contributed by atoms with E-state index in [-0.39, 0.29) is 0 Å². The minimum Gasteiger partial charge on any atom is -0.496 e. The van der Waals surface area contributed by atoms with E-state index in [1.165, 1.54) is 0 Å². The number of nitrogens with one attached hydrogen (secondary N) is 2. The third kappa shape index (κ3) is 5.82. The summed E-state index contributed by atoms with van der Waals surface area (Å²) in [5.74, 6) is 2.08. The quantitative estimate of drug-likeness (QED) is 0.585. The summed E-state index contributed by atoms with van der Waals surface area (Å²) < 4.78 is 5.37. The second-order valence-electron chi connectivity index (χ2n) is 5.96. The second-order valence-corrected chi connectivity index (χ2v) is 6.40. The third-order valence-corrected chi connectivity index (χ3v) is 4.27. The van der Waals surface area contributed by atoms with E-state index < -0.39 is 0 Å². The molecule has 7 heteroatoms. The molecule has 0 aliphatic heterocycles. The molecule has 2 aromatic carbocycles. The molecule has 0 spiro atoms. The molecule has 1 heterocycles. The van der Waals surface area contributed by atoms with Crippen LogP contribution in [0.15, 0.2) is 54.7 Å². The minimum absolute atomic E-state index is 0.499. The Morgan fingerprint density at radius 3 is 2.70 bits per heavy atom. The van der Waals surface area contributed by atoms with Crippen LogP contribution in [0.2, 0.25) is 5.02 Å². The highest BCUT2D eigenvalue weighted by Gasteiger charge is 2.03. The average Bonchev–Trinajstić information content (AvgIpc) is 2.69. The van der Waals surface area contributed by atoms with Crippen molar-refractivity contribution in [2.45, 2.75) is 12.8 Å². The molecule has 0 saturated heterocycles.